The molecular formula is C20H40O6. The fourth-order valence-corrected chi connectivity index (χ4v) is 2.20. The highest BCUT2D eigenvalue weighted by atomic mass is 16.6. The molecule has 0 radical (unpaired) electrons. The first kappa shape index (κ1) is 25.3. The number of rotatable bonds is 21. The zero-order chi connectivity index (χ0) is 19.1. The quantitative estimate of drug-likeness (QED) is 0.224. The van der Waals surface area contributed by atoms with Crippen LogP contribution in [0.25, 0.3) is 0 Å². The van der Waals surface area contributed by atoms with Crippen LogP contribution in [-0.2, 0) is 28.5 Å². The van der Waals surface area contributed by atoms with Gasteiger partial charge in [-0.25, -0.2) is 0 Å². The normalized spacial score (nSPS) is 11.0. The minimum atomic E-state index is -0.132. The van der Waals surface area contributed by atoms with Crippen LogP contribution in [0.5, 0.6) is 0 Å². The van der Waals surface area contributed by atoms with Crippen LogP contribution in [0.1, 0.15) is 65.2 Å². The van der Waals surface area contributed by atoms with Crippen molar-refractivity contribution >= 4 is 5.97 Å². The smallest absolute Gasteiger partial charge is 0.305 e. The Balaban J connectivity index is 3.07. The lowest BCUT2D eigenvalue weighted by Gasteiger charge is -2.08. The van der Waals surface area contributed by atoms with Gasteiger partial charge < -0.3 is 23.7 Å². The second-order valence-corrected chi connectivity index (χ2v) is 6.19. The van der Waals surface area contributed by atoms with E-state index < -0.39 is 0 Å². The van der Waals surface area contributed by atoms with Crippen molar-refractivity contribution in [1.82, 2.24) is 0 Å². The number of ether oxygens (including phenoxy) is 5. The fraction of sp³-hybridized carbons (Fsp3) is 0.950. The predicted molar refractivity (Wildman–Crippen MR) is 103 cm³/mol. The second-order valence-electron chi connectivity index (χ2n) is 6.19. The van der Waals surface area contributed by atoms with Crippen molar-refractivity contribution in [3.8, 4) is 0 Å². The Labute approximate surface area is 159 Å². The maximum atomic E-state index is 11.4. The molecule has 0 aliphatic heterocycles. The van der Waals surface area contributed by atoms with Gasteiger partial charge >= 0.3 is 5.97 Å². The van der Waals surface area contributed by atoms with Gasteiger partial charge in [0.25, 0.3) is 0 Å². The van der Waals surface area contributed by atoms with Crippen molar-refractivity contribution in [3.05, 3.63) is 0 Å². The van der Waals surface area contributed by atoms with Gasteiger partial charge in [0, 0.05) is 13.0 Å². The van der Waals surface area contributed by atoms with E-state index >= 15 is 0 Å². The van der Waals surface area contributed by atoms with Crippen LogP contribution in [-0.4, -0.2) is 65.4 Å². The van der Waals surface area contributed by atoms with Crippen LogP contribution in [0, 0.1) is 0 Å². The molecule has 6 nitrogen and oxygen atoms in total. The third kappa shape index (κ3) is 21.4. The molecule has 0 saturated heterocycles. The molecule has 0 aromatic heterocycles. The molecule has 0 aromatic carbocycles. The first-order valence-electron chi connectivity index (χ1n) is 10.3. The molecule has 0 aliphatic carbocycles. The molecule has 26 heavy (non-hydrogen) atoms. The van der Waals surface area contributed by atoms with Crippen molar-refractivity contribution in [3.63, 3.8) is 0 Å². The highest BCUT2D eigenvalue weighted by molar-refractivity contribution is 5.69. The lowest BCUT2D eigenvalue weighted by Crippen LogP contribution is -2.14. The monoisotopic (exact) mass is 376 g/mol. The number of carbonyl (C=O) groups is 1. The van der Waals surface area contributed by atoms with Crippen molar-refractivity contribution < 1.29 is 28.5 Å². The SMILES string of the molecule is CCCCCCC(=O)OCCOCCOCCOCCOCCCCC. The lowest BCUT2D eigenvalue weighted by atomic mass is 10.2. The van der Waals surface area contributed by atoms with Gasteiger partial charge in [0.15, 0.2) is 0 Å². The molecule has 0 rings (SSSR count). The van der Waals surface area contributed by atoms with E-state index in [9.17, 15) is 4.79 Å². The topological polar surface area (TPSA) is 63.2 Å². The number of esters is 1. The summed E-state index contributed by atoms with van der Waals surface area (Å²) in [5.74, 6) is -0.132. The summed E-state index contributed by atoms with van der Waals surface area (Å²) in [4.78, 5) is 11.4. The zero-order valence-corrected chi connectivity index (χ0v) is 17.0. The summed E-state index contributed by atoms with van der Waals surface area (Å²) < 4.78 is 26.7. The van der Waals surface area contributed by atoms with E-state index in [1.54, 1.807) is 0 Å². The molecule has 0 unspecified atom stereocenters. The molecule has 156 valence electrons. The van der Waals surface area contributed by atoms with Gasteiger partial charge in [0.05, 0.1) is 46.2 Å². The standard InChI is InChI=1S/C20H40O6/c1-3-5-7-8-10-20(21)26-19-18-25-17-16-24-15-14-23-13-12-22-11-9-6-4-2/h3-19H2,1-2H3. The van der Waals surface area contributed by atoms with Crippen LogP contribution in [0.2, 0.25) is 0 Å². The van der Waals surface area contributed by atoms with Gasteiger partial charge in [-0.3, -0.25) is 4.79 Å². The number of unbranched alkanes of at least 4 members (excludes halogenated alkanes) is 5. The van der Waals surface area contributed by atoms with Crippen molar-refractivity contribution in [1.29, 1.82) is 0 Å². The molecule has 0 bridgehead atoms. The molecule has 0 heterocycles. The zero-order valence-electron chi connectivity index (χ0n) is 17.0. The third-order valence-electron chi connectivity index (χ3n) is 3.73. The van der Waals surface area contributed by atoms with Gasteiger partial charge in [0.2, 0.25) is 0 Å². The van der Waals surface area contributed by atoms with Crippen LogP contribution in [0.15, 0.2) is 0 Å². The minimum Gasteiger partial charge on any atom is -0.463 e. The summed E-state index contributed by atoms with van der Waals surface area (Å²) in [6, 6.07) is 0. The lowest BCUT2D eigenvalue weighted by molar-refractivity contribution is -0.145. The molecule has 0 atom stereocenters. The summed E-state index contributed by atoms with van der Waals surface area (Å²) in [5.41, 5.74) is 0. The fourth-order valence-electron chi connectivity index (χ4n) is 2.20. The van der Waals surface area contributed by atoms with E-state index in [1.165, 1.54) is 25.7 Å². The highest BCUT2D eigenvalue weighted by Gasteiger charge is 2.02. The summed E-state index contributed by atoms with van der Waals surface area (Å²) in [6.45, 7) is 9.25. The minimum absolute atomic E-state index is 0.132. The number of hydrogen-bond donors (Lipinski definition) is 0. The van der Waals surface area contributed by atoms with Gasteiger partial charge in [-0.1, -0.05) is 46.0 Å². The molecule has 0 aliphatic rings. The summed E-state index contributed by atoms with van der Waals surface area (Å²) >= 11 is 0. The molecule has 0 N–H and O–H groups in total. The average Bonchev–Trinajstić information content (AvgIpc) is 2.65. The molecule has 6 heteroatoms. The number of carbonyl (C=O) groups excluding carboxylic acids is 1. The molecule has 0 fully saturated rings. The largest absolute Gasteiger partial charge is 0.463 e. The van der Waals surface area contributed by atoms with Gasteiger partial charge in [-0.2, -0.15) is 0 Å². The van der Waals surface area contributed by atoms with E-state index in [-0.39, 0.29) is 5.97 Å². The van der Waals surface area contributed by atoms with E-state index in [1.807, 2.05) is 0 Å². The first-order chi connectivity index (χ1) is 12.8. The summed E-state index contributed by atoms with van der Waals surface area (Å²) in [5, 5.41) is 0. The Morgan fingerprint density at radius 1 is 0.538 bits per heavy atom. The highest BCUT2D eigenvalue weighted by Crippen LogP contribution is 2.03. The van der Waals surface area contributed by atoms with Gasteiger partial charge in [-0.05, 0) is 12.8 Å². The van der Waals surface area contributed by atoms with Crippen molar-refractivity contribution in [2.24, 2.45) is 0 Å². The van der Waals surface area contributed by atoms with E-state index in [4.69, 9.17) is 23.7 Å². The van der Waals surface area contributed by atoms with E-state index in [2.05, 4.69) is 13.8 Å². The molecule has 0 spiro atoms. The van der Waals surface area contributed by atoms with Crippen LogP contribution in [0.3, 0.4) is 0 Å². The van der Waals surface area contributed by atoms with Gasteiger partial charge in [-0.15, -0.1) is 0 Å². The third-order valence-corrected chi connectivity index (χ3v) is 3.73. The Morgan fingerprint density at radius 3 is 1.54 bits per heavy atom. The van der Waals surface area contributed by atoms with Crippen molar-refractivity contribution in [2.75, 3.05) is 59.5 Å². The second kappa shape index (κ2) is 22.4. The first-order valence-corrected chi connectivity index (χ1v) is 10.3. The van der Waals surface area contributed by atoms with Crippen LogP contribution >= 0.6 is 0 Å². The molecule has 0 saturated carbocycles. The molecular weight excluding hydrogens is 336 g/mol. The summed E-state index contributed by atoms with van der Waals surface area (Å²) in [6.07, 6.45) is 8.41. The Hall–Kier alpha value is -0.690. The maximum Gasteiger partial charge on any atom is 0.305 e. The van der Waals surface area contributed by atoms with E-state index in [0.717, 1.165) is 25.9 Å². The summed E-state index contributed by atoms with van der Waals surface area (Å²) in [7, 11) is 0. The van der Waals surface area contributed by atoms with E-state index in [0.29, 0.717) is 59.3 Å². The molecule has 0 amide bonds. The van der Waals surface area contributed by atoms with Crippen LogP contribution in [0.4, 0.5) is 0 Å². The van der Waals surface area contributed by atoms with Crippen molar-refractivity contribution in [2.45, 2.75) is 65.2 Å². The van der Waals surface area contributed by atoms with Gasteiger partial charge in [0.1, 0.15) is 6.61 Å². The van der Waals surface area contributed by atoms with Crippen LogP contribution < -0.4 is 0 Å². The number of hydrogen-bond acceptors (Lipinski definition) is 6. The Kier molecular flexibility index (Phi) is 21.8. The average molecular weight is 377 g/mol. The predicted octanol–water partition coefficient (Wildman–Crippen LogP) is 3.76. The molecule has 0 aromatic rings. The Bertz CT molecular complexity index is 285. The maximum absolute atomic E-state index is 11.4. The Morgan fingerprint density at radius 2 is 1.00 bits per heavy atom.